The molecule has 0 aromatic heterocycles. The summed E-state index contributed by atoms with van der Waals surface area (Å²) in [5, 5.41) is 10.6. The molecule has 1 aromatic rings. The number of benzene rings is 1. The largest absolute Gasteiger partial charge is 0.506 e. The first kappa shape index (κ1) is 15.7. The predicted octanol–water partition coefficient (Wildman–Crippen LogP) is 5.85. The Morgan fingerprint density at radius 2 is 1.89 bits per heavy atom. The smallest absolute Gasteiger partial charge is 0.134 e. The number of rotatable bonds is 7. The molecule has 1 aromatic carbocycles. The Morgan fingerprint density at radius 1 is 1.17 bits per heavy atom. The van der Waals surface area contributed by atoms with Crippen molar-refractivity contribution in [3.05, 3.63) is 27.7 Å². The normalized spacial score (nSPS) is 12.7. The lowest BCUT2D eigenvalue weighted by Gasteiger charge is -2.14. The van der Waals surface area contributed by atoms with Gasteiger partial charge in [-0.1, -0.05) is 69.2 Å². The molecule has 1 atom stereocenters. The van der Waals surface area contributed by atoms with Crippen LogP contribution in [0.1, 0.15) is 51.5 Å². The summed E-state index contributed by atoms with van der Waals surface area (Å²) in [7, 11) is 0. The van der Waals surface area contributed by atoms with Crippen molar-refractivity contribution < 1.29 is 5.11 Å². The summed E-state index contributed by atoms with van der Waals surface area (Å²) in [5.41, 5.74) is 0.876. The molecular formula is C15H22Cl2O. The minimum atomic E-state index is 0.120. The van der Waals surface area contributed by atoms with E-state index in [4.69, 9.17) is 23.2 Å². The van der Waals surface area contributed by atoms with Crippen LogP contribution in [-0.2, 0) is 6.42 Å². The van der Waals surface area contributed by atoms with Crippen molar-refractivity contribution in [1.29, 1.82) is 0 Å². The van der Waals surface area contributed by atoms with E-state index >= 15 is 0 Å². The highest BCUT2D eigenvalue weighted by molar-refractivity contribution is 6.36. The molecule has 0 spiro atoms. The maximum absolute atomic E-state index is 9.59. The van der Waals surface area contributed by atoms with Crippen LogP contribution < -0.4 is 0 Å². The van der Waals surface area contributed by atoms with E-state index in [-0.39, 0.29) is 5.75 Å². The van der Waals surface area contributed by atoms with Crippen molar-refractivity contribution in [3.63, 3.8) is 0 Å². The number of unbranched alkanes of at least 4 members (excludes halogenated alkanes) is 3. The lowest BCUT2D eigenvalue weighted by molar-refractivity contribution is 0.469. The number of hydrogen-bond acceptors (Lipinski definition) is 1. The molecule has 0 radical (unpaired) electrons. The lowest BCUT2D eigenvalue weighted by atomic mass is 9.95. The molecule has 1 N–H and O–H groups in total. The minimum absolute atomic E-state index is 0.120. The van der Waals surface area contributed by atoms with Gasteiger partial charge in [0.05, 0.1) is 5.02 Å². The van der Waals surface area contributed by atoms with Crippen LogP contribution in [0.4, 0.5) is 0 Å². The maximum Gasteiger partial charge on any atom is 0.134 e. The van der Waals surface area contributed by atoms with E-state index in [1.165, 1.54) is 32.1 Å². The second-order valence-electron chi connectivity index (χ2n) is 5.02. The van der Waals surface area contributed by atoms with Gasteiger partial charge in [0.2, 0.25) is 0 Å². The molecule has 102 valence electrons. The number of phenols is 1. The lowest BCUT2D eigenvalue weighted by Crippen LogP contribution is -2.01. The molecule has 0 aliphatic rings. The van der Waals surface area contributed by atoms with Crippen molar-refractivity contribution in [2.75, 3.05) is 0 Å². The van der Waals surface area contributed by atoms with Crippen LogP contribution in [-0.4, -0.2) is 5.11 Å². The Kier molecular flexibility index (Phi) is 6.88. The van der Waals surface area contributed by atoms with Crippen LogP contribution in [0.2, 0.25) is 10.0 Å². The van der Waals surface area contributed by atoms with E-state index < -0.39 is 0 Å². The van der Waals surface area contributed by atoms with Gasteiger partial charge in [-0.05, 0) is 30.0 Å². The molecule has 0 bridgehead atoms. The van der Waals surface area contributed by atoms with Gasteiger partial charge in [0, 0.05) is 5.02 Å². The highest BCUT2D eigenvalue weighted by Crippen LogP contribution is 2.34. The van der Waals surface area contributed by atoms with Gasteiger partial charge in [-0.2, -0.15) is 0 Å². The summed E-state index contributed by atoms with van der Waals surface area (Å²) in [5.74, 6) is 0.660. The zero-order valence-corrected chi connectivity index (χ0v) is 12.7. The van der Waals surface area contributed by atoms with Crippen LogP contribution in [0.5, 0.6) is 5.75 Å². The van der Waals surface area contributed by atoms with Gasteiger partial charge in [-0.15, -0.1) is 0 Å². The van der Waals surface area contributed by atoms with Gasteiger partial charge < -0.3 is 5.11 Å². The third-order valence-corrected chi connectivity index (χ3v) is 4.04. The van der Waals surface area contributed by atoms with Crippen LogP contribution in [0, 0.1) is 5.92 Å². The fraction of sp³-hybridized carbons (Fsp3) is 0.600. The second-order valence-corrected chi connectivity index (χ2v) is 5.80. The molecule has 3 heteroatoms. The topological polar surface area (TPSA) is 20.2 Å². The first-order valence-corrected chi connectivity index (χ1v) is 7.47. The van der Waals surface area contributed by atoms with Crippen LogP contribution in [0.3, 0.4) is 0 Å². The Balaban J connectivity index is 2.54. The SMILES string of the molecule is CCCCCCC(C)Cc1c(Cl)ccc(O)c1Cl. The quantitative estimate of drug-likeness (QED) is 0.624. The van der Waals surface area contributed by atoms with Crippen molar-refractivity contribution in [1.82, 2.24) is 0 Å². The summed E-state index contributed by atoms with van der Waals surface area (Å²) < 4.78 is 0. The summed E-state index contributed by atoms with van der Waals surface area (Å²) in [6, 6.07) is 3.25. The second kappa shape index (κ2) is 7.91. The summed E-state index contributed by atoms with van der Waals surface area (Å²) in [6.07, 6.45) is 7.13. The van der Waals surface area contributed by atoms with E-state index in [2.05, 4.69) is 13.8 Å². The monoisotopic (exact) mass is 288 g/mol. The van der Waals surface area contributed by atoms with E-state index in [0.717, 1.165) is 12.0 Å². The van der Waals surface area contributed by atoms with Crippen molar-refractivity contribution in [2.45, 2.75) is 52.4 Å². The van der Waals surface area contributed by atoms with Gasteiger partial charge in [0.25, 0.3) is 0 Å². The van der Waals surface area contributed by atoms with Gasteiger partial charge in [-0.25, -0.2) is 0 Å². The average Bonchev–Trinajstić information content (AvgIpc) is 2.35. The molecule has 1 rings (SSSR count). The molecular weight excluding hydrogens is 267 g/mol. The van der Waals surface area contributed by atoms with Crippen molar-refractivity contribution >= 4 is 23.2 Å². The Labute approximate surface area is 120 Å². The number of phenolic OH excluding ortho intramolecular Hbond substituents is 1. The number of hydrogen-bond donors (Lipinski definition) is 1. The maximum atomic E-state index is 9.59. The molecule has 0 fully saturated rings. The molecule has 0 saturated heterocycles. The Bertz CT molecular complexity index is 377. The van der Waals surface area contributed by atoms with Crippen molar-refractivity contribution in [2.24, 2.45) is 5.92 Å². The summed E-state index contributed by atoms with van der Waals surface area (Å²) >= 11 is 12.2. The van der Waals surface area contributed by atoms with E-state index in [9.17, 15) is 5.11 Å². The molecule has 0 amide bonds. The molecule has 0 saturated carbocycles. The third-order valence-electron chi connectivity index (χ3n) is 3.27. The molecule has 18 heavy (non-hydrogen) atoms. The molecule has 0 aliphatic carbocycles. The van der Waals surface area contributed by atoms with E-state index in [1.807, 2.05) is 0 Å². The third kappa shape index (κ3) is 4.70. The van der Waals surface area contributed by atoms with Crippen LogP contribution >= 0.6 is 23.2 Å². The fourth-order valence-corrected chi connectivity index (χ4v) is 2.67. The zero-order chi connectivity index (χ0) is 13.5. The van der Waals surface area contributed by atoms with Gasteiger partial charge in [0.15, 0.2) is 0 Å². The summed E-state index contributed by atoms with van der Waals surface area (Å²) in [4.78, 5) is 0. The van der Waals surface area contributed by atoms with Gasteiger partial charge in [0.1, 0.15) is 5.75 Å². The Morgan fingerprint density at radius 3 is 2.56 bits per heavy atom. The molecule has 0 aliphatic heterocycles. The number of halogens is 2. The first-order chi connectivity index (χ1) is 8.56. The first-order valence-electron chi connectivity index (χ1n) is 6.72. The van der Waals surface area contributed by atoms with Gasteiger partial charge >= 0.3 is 0 Å². The van der Waals surface area contributed by atoms with E-state index in [1.54, 1.807) is 12.1 Å². The minimum Gasteiger partial charge on any atom is -0.506 e. The fourth-order valence-electron chi connectivity index (χ4n) is 2.14. The van der Waals surface area contributed by atoms with Crippen LogP contribution in [0.25, 0.3) is 0 Å². The van der Waals surface area contributed by atoms with Crippen molar-refractivity contribution in [3.8, 4) is 5.75 Å². The Hall–Kier alpha value is -0.400. The highest BCUT2D eigenvalue weighted by Gasteiger charge is 2.13. The van der Waals surface area contributed by atoms with Gasteiger partial charge in [-0.3, -0.25) is 0 Å². The molecule has 1 unspecified atom stereocenters. The highest BCUT2D eigenvalue weighted by atomic mass is 35.5. The number of aromatic hydroxyl groups is 1. The predicted molar refractivity (Wildman–Crippen MR) is 79.8 cm³/mol. The zero-order valence-electron chi connectivity index (χ0n) is 11.2. The van der Waals surface area contributed by atoms with Crippen LogP contribution in [0.15, 0.2) is 12.1 Å². The molecule has 0 heterocycles. The average molecular weight is 289 g/mol. The summed E-state index contributed by atoms with van der Waals surface area (Å²) in [6.45, 7) is 4.43. The molecule has 1 nitrogen and oxygen atoms in total. The standard InChI is InChI=1S/C15H22Cl2O/c1-3-4-5-6-7-11(2)10-12-13(16)8-9-14(18)15(12)17/h8-9,11,18H,3-7,10H2,1-2H3. The van der Waals surface area contributed by atoms with E-state index in [0.29, 0.717) is 16.0 Å².